The fraction of sp³-hybridized carbons (Fsp3) is 0.800. The van der Waals surface area contributed by atoms with Crippen molar-refractivity contribution in [1.29, 1.82) is 0 Å². The van der Waals surface area contributed by atoms with E-state index in [1.165, 1.54) is 17.8 Å². The summed E-state index contributed by atoms with van der Waals surface area (Å²) < 4.78 is 0. The number of piperazine rings is 1. The summed E-state index contributed by atoms with van der Waals surface area (Å²) in [7, 11) is 0. The van der Waals surface area contributed by atoms with Crippen molar-refractivity contribution < 1.29 is 0 Å². The Kier molecular flexibility index (Phi) is 3.67. The first-order valence-electron chi connectivity index (χ1n) is 7.40. The van der Waals surface area contributed by atoms with Crippen molar-refractivity contribution in [3.63, 3.8) is 0 Å². The fourth-order valence-corrected chi connectivity index (χ4v) is 3.68. The van der Waals surface area contributed by atoms with Crippen LogP contribution in [0.15, 0.2) is 11.6 Å². The van der Waals surface area contributed by atoms with E-state index >= 15 is 0 Å². The van der Waals surface area contributed by atoms with E-state index in [1.54, 1.807) is 11.3 Å². The normalized spacial score (nSPS) is 29.6. The maximum absolute atomic E-state index is 4.47. The summed E-state index contributed by atoms with van der Waals surface area (Å²) in [5, 5.41) is 7.13. The van der Waals surface area contributed by atoms with E-state index in [1.807, 2.05) is 6.20 Å². The molecule has 3 nitrogen and oxygen atoms in total. The molecule has 1 N–H and O–H groups in total. The molecule has 106 valence electrons. The fourth-order valence-electron chi connectivity index (χ4n) is 3.04. The van der Waals surface area contributed by atoms with Gasteiger partial charge in [0.2, 0.25) is 0 Å². The van der Waals surface area contributed by atoms with Gasteiger partial charge >= 0.3 is 0 Å². The van der Waals surface area contributed by atoms with Crippen LogP contribution in [0.3, 0.4) is 0 Å². The lowest BCUT2D eigenvalue weighted by Crippen LogP contribution is -2.60. The molecule has 1 aromatic rings. The molecule has 1 saturated heterocycles. The third kappa shape index (κ3) is 3.18. The molecule has 2 atom stereocenters. The summed E-state index contributed by atoms with van der Waals surface area (Å²) in [4.78, 5) is 7.15. The molecule has 1 aliphatic heterocycles. The Bertz CT molecular complexity index is 406. The first-order chi connectivity index (χ1) is 9.04. The largest absolute Gasteiger partial charge is 0.311 e. The highest BCUT2D eigenvalue weighted by Crippen LogP contribution is 2.38. The van der Waals surface area contributed by atoms with Crippen LogP contribution in [0, 0.1) is 11.3 Å². The Morgan fingerprint density at radius 3 is 2.79 bits per heavy atom. The summed E-state index contributed by atoms with van der Waals surface area (Å²) in [6.07, 6.45) is 4.76. The lowest BCUT2D eigenvalue weighted by Gasteiger charge is -2.45. The Labute approximate surface area is 120 Å². The molecule has 4 heteroatoms. The molecule has 19 heavy (non-hydrogen) atoms. The topological polar surface area (TPSA) is 28.2 Å². The van der Waals surface area contributed by atoms with Crippen molar-refractivity contribution in [2.45, 2.75) is 52.2 Å². The number of hydrogen-bond donors (Lipinski definition) is 1. The molecule has 1 aromatic heterocycles. The lowest BCUT2D eigenvalue weighted by molar-refractivity contribution is 0.0688. The number of rotatable bonds is 3. The molecule has 0 amide bonds. The van der Waals surface area contributed by atoms with Gasteiger partial charge in [0, 0.05) is 36.8 Å². The molecular weight excluding hydrogens is 254 g/mol. The number of nitrogens with zero attached hydrogens (tertiary/aromatic N) is 2. The van der Waals surface area contributed by atoms with Gasteiger partial charge in [0.1, 0.15) is 5.01 Å². The summed E-state index contributed by atoms with van der Waals surface area (Å²) in [5.41, 5.74) is 0.329. The van der Waals surface area contributed by atoms with E-state index in [2.05, 4.69) is 41.4 Å². The van der Waals surface area contributed by atoms with Crippen molar-refractivity contribution in [3.05, 3.63) is 16.6 Å². The van der Waals surface area contributed by atoms with Crippen LogP contribution in [-0.4, -0.2) is 35.1 Å². The predicted molar refractivity (Wildman–Crippen MR) is 80.3 cm³/mol. The highest BCUT2D eigenvalue weighted by Gasteiger charge is 2.41. The van der Waals surface area contributed by atoms with Crippen molar-refractivity contribution in [1.82, 2.24) is 15.2 Å². The molecule has 0 radical (unpaired) electrons. The molecular formula is C15H25N3S. The molecule has 2 aliphatic rings. The van der Waals surface area contributed by atoms with E-state index in [-0.39, 0.29) is 0 Å². The van der Waals surface area contributed by atoms with Gasteiger partial charge in [0.05, 0.1) is 6.54 Å². The number of aromatic nitrogens is 1. The van der Waals surface area contributed by atoms with E-state index in [9.17, 15) is 0 Å². The molecule has 2 fully saturated rings. The minimum atomic E-state index is 0.329. The third-order valence-electron chi connectivity index (χ3n) is 4.49. The highest BCUT2D eigenvalue weighted by molar-refractivity contribution is 7.09. The Hall–Kier alpha value is -0.450. The SMILES string of the molecule is CC(C)(C)C1CN(Cc2nccs2)C(C2CC2)CN1. The molecule has 1 saturated carbocycles. The molecule has 0 aromatic carbocycles. The first-order valence-corrected chi connectivity index (χ1v) is 8.28. The smallest absolute Gasteiger partial charge is 0.107 e. The number of thiazole rings is 1. The standard InChI is InChI=1S/C15H25N3S/c1-15(2,3)13-9-18(10-14-16-6-7-19-14)12(8-17-13)11-4-5-11/h6-7,11-13,17H,4-5,8-10H2,1-3H3. The predicted octanol–water partition coefficient (Wildman–Crippen LogP) is 2.74. The van der Waals surface area contributed by atoms with E-state index in [0.29, 0.717) is 11.5 Å². The molecule has 1 aliphatic carbocycles. The van der Waals surface area contributed by atoms with Gasteiger partial charge in [0.25, 0.3) is 0 Å². The van der Waals surface area contributed by atoms with Crippen LogP contribution in [0.2, 0.25) is 0 Å². The first kappa shape index (κ1) is 13.5. The van der Waals surface area contributed by atoms with Crippen molar-refractivity contribution >= 4 is 11.3 Å². The highest BCUT2D eigenvalue weighted by atomic mass is 32.1. The lowest BCUT2D eigenvalue weighted by atomic mass is 9.84. The molecule has 0 bridgehead atoms. The summed E-state index contributed by atoms with van der Waals surface area (Å²) in [6, 6.07) is 1.31. The maximum atomic E-state index is 4.47. The Balaban J connectivity index is 1.71. The number of nitrogens with one attached hydrogen (secondary N) is 1. The van der Waals surface area contributed by atoms with Gasteiger partial charge in [-0.25, -0.2) is 4.98 Å². The molecule has 2 heterocycles. The van der Waals surface area contributed by atoms with E-state index in [4.69, 9.17) is 0 Å². The van der Waals surface area contributed by atoms with Gasteiger partial charge in [0.15, 0.2) is 0 Å². The zero-order chi connectivity index (χ0) is 13.5. The van der Waals surface area contributed by atoms with Crippen molar-refractivity contribution in [2.24, 2.45) is 11.3 Å². The second-order valence-corrected chi connectivity index (χ2v) is 8.07. The van der Waals surface area contributed by atoms with Crippen LogP contribution in [0.5, 0.6) is 0 Å². The second-order valence-electron chi connectivity index (χ2n) is 7.09. The van der Waals surface area contributed by atoms with Crippen LogP contribution in [0.4, 0.5) is 0 Å². The number of hydrogen-bond acceptors (Lipinski definition) is 4. The third-order valence-corrected chi connectivity index (χ3v) is 5.26. The van der Waals surface area contributed by atoms with Gasteiger partial charge in [-0.15, -0.1) is 11.3 Å². The summed E-state index contributed by atoms with van der Waals surface area (Å²) >= 11 is 1.79. The van der Waals surface area contributed by atoms with E-state index < -0.39 is 0 Å². The van der Waals surface area contributed by atoms with Gasteiger partial charge < -0.3 is 5.32 Å². The zero-order valence-electron chi connectivity index (χ0n) is 12.2. The van der Waals surface area contributed by atoms with Gasteiger partial charge in [-0.1, -0.05) is 20.8 Å². The second kappa shape index (κ2) is 5.15. The van der Waals surface area contributed by atoms with Crippen molar-refractivity contribution in [2.75, 3.05) is 13.1 Å². The van der Waals surface area contributed by atoms with Crippen LogP contribution < -0.4 is 5.32 Å². The van der Waals surface area contributed by atoms with Gasteiger partial charge in [-0.2, -0.15) is 0 Å². The Morgan fingerprint density at radius 2 is 2.21 bits per heavy atom. The average Bonchev–Trinajstić information content (AvgIpc) is 3.07. The minimum absolute atomic E-state index is 0.329. The monoisotopic (exact) mass is 279 g/mol. The quantitative estimate of drug-likeness (QED) is 0.922. The van der Waals surface area contributed by atoms with Gasteiger partial charge in [-0.3, -0.25) is 4.90 Å². The summed E-state index contributed by atoms with van der Waals surface area (Å²) in [6.45, 7) is 10.4. The maximum Gasteiger partial charge on any atom is 0.107 e. The van der Waals surface area contributed by atoms with E-state index in [0.717, 1.165) is 31.6 Å². The van der Waals surface area contributed by atoms with Crippen LogP contribution in [0.1, 0.15) is 38.6 Å². The molecule has 0 spiro atoms. The molecule has 2 unspecified atom stereocenters. The molecule has 3 rings (SSSR count). The minimum Gasteiger partial charge on any atom is -0.311 e. The summed E-state index contributed by atoms with van der Waals surface area (Å²) in [5.74, 6) is 0.924. The average molecular weight is 279 g/mol. The van der Waals surface area contributed by atoms with Gasteiger partial charge in [-0.05, 0) is 24.2 Å². The van der Waals surface area contributed by atoms with Crippen molar-refractivity contribution in [3.8, 4) is 0 Å². The van der Waals surface area contributed by atoms with Crippen LogP contribution in [-0.2, 0) is 6.54 Å². The van der Waals surface area contributed by atoms with Crippen LogP contribution in [0.25, 0.3) is 0 Å². The Morgan fingerprint density at radius 1 is 1.42 bits per heavy atom. The zero-order valence-corrected chi connectivity index (χ0v) is 13.0. The van der Waals surface area contributed by atoms with Crippen LogP contribution >= 0.6 is 11.3 Å².